The average molecular weight is 331 g/mol. The summed E-state index contributed by atoms with van der Waals surface area (Å²) in [6.45, 7) is 0. The zero-order valence-corrected chi connectivity index (χ0v) is 13.1. The van der Waals surface area contributed by atoms with Crippen LogP contribution in [-0.4, -0.2) is 33.8 Å². The first kappa shape index (κ1) is 15.1. The monoisotopic (exact) mass is 331 g/mol. The summed E-state index contributed by atoms with van der Waals surface area (Å²) in [5.41, 5.74) is 2.37. The molecule has 0 atom stereocenters. The number of benzene rings is 1. The van der Waals surface area contributed by atoms with Crippen molar-refractivity contribution in [1.82, 2.24) is 4.98 Å². The zero-order valence-electron chi connectivity index (χ0n) is 10.7. The molecule has 0 saturated heterocycles. The maximum absolute atomic E-state index is 12.2. The Kier molecular flexibility index (Phi) is 4.26. The van der Waals surface area contributed by atoms with Crippen molar-refractivity contribution in [2.24, 2.45) is 0 Å². The zero-order chi connectivity index (χ0) is 14.8. The molecule has 0 aliphatic carbocycles. The standard InChI is InChI=1S/C12H13NO4S3/c1-19(14,15)11-3-2-4-12(7-11)20(16,17)6-5-10-8-18-9-13-10/h2-4,7-9H,5-6H2,1H3. The molecule has 1 aromatic heterocycles. The lowest BCUT2D eigenvalue weighted by Crippen LogP contribution is -2.10. The van der Waals surface area contributed by atoms with Gasteiger partial charge in [-0.05, 0) is 18.2 Å². The van der Waals surface area contributed by atoms with E-state index in [1.54, 1.807) is 10.9 Å². The van der Waals surface area contributed by atoms with E-state index in [2.05, 4.69) is 4.98 Å². The smallest absolute Gasteiger partial charge is 0.178 e. The van der Waals surface area contributed by atoms with Crippen molar-refractivity contribution in [3.8, 4) is 0 Å². The topological polar surface area (TPSA) is 81.2 Å². The van der Waals surface area contributed by atoms with E-state index in [1.807, 2.05) is 0 Å². The second-order valence-corrected chi connectivity index (χ2v) is 9.14. The Morgan fingerprint density at radius 2 is 1.85 bits per heavy atom. The summed E-state index contributed by atoms with van der Waals surface area (Å²) in [6.07, 6.45) is 1.36. The fourth-order valence-electron chi connectivity index (χ4n) is 1.62. The minimum atomic E-state index is -3.52. The molecular weight excluding hydrogens is 318 g/mol. The normalized spacial score (nSPS) is 12.4. The molecule has 0 amide bonds. The molecule has 5 nitrogen and oxygen atoms in total. The highest BCUT2D eigenvalue weighted by Gasteiger charge is 2.17. The molecule has 0 bridgehead atoms. The summed E-state index contributed by atoms with van der Waals surface area (Å²) in [5.74, 6) is -0.0933. The number of hydrogen-bond donors (Lipinski definition) is 0. The van der Waals surface area contributed by atoms with E-state index in [0.29, 0.717) is 6.42 Å². The van der Waals surface area contributed by atoms with E-state index in [-0.39, 0.29) is 15.5 Å². The molecule has 0 aliphatic rings. The van der Waals surface area contributed by atoms with Gasteiger partial charge in [0.1, 0.15) is 0 Å². The second kappa shape index (κ2) is 5.63. The van der Waals surface area contributed by atoms with Crippen molar-refractivity contribution in [1.29, 1.82) is 0 Å². The predicted molar refractivity (Wildman–Crippen MR) is 77.4 cm³/mol. The van der Waals surface area contributed by atoms with Gasteiger partial charge in [0.25, 0.3) is 0 Å². The number of aromatic nitrogens is 1. The molecule has 0 unspecified atom stereocenters. The SMILES string of the molecule is CS(=O)(=O)c1cccc(S(=O)(=O)CCc2cscn2)c1. The Labute approximate surface area is 122 Å². The quantitative estimate of drug-likeness (QED) is 0.830. The molecular formula is C12H13NO4S3. The number of sulfone groups is 2. The molecule has 0 fully saturated rings. The summed E-state index contributed by atoms with van der Waals surface area (Å²) in [7, 11) is -6.94. The largest absolute Gasteiger partial charge is 0.250 e. The van der Waals surface area contributed by atoms with Gasteiger partial charge in [0.2, 0.25) is 0 Å². The van der Waals surface area contributed by atoms with E-state index in [4.69, 9.17) is 0 Å². The molecule has 0 radical (unpaired) electrons. The van der Waals surface area contributed by atoms with E-state index in [1.165, 1.54) is 35.6 Å². The van der Waals surface area contributed by atoms with E-state index >= 15 is 0 Å². The van der Waals surface area contributed by atoms with Crippen LogP contribution < -0.4 is 0 Å². The van der Waals surface area contributed by atoms with Crippen molar-refractivity contribution >= 4 is 31.0 Å². The van der Waals surface area contributed by atoms with Gasteiger partial charge in [0.05, 0.1) is 26.7 Å². The van der Waals surface area contributed by atoms with Crippen LogP contribution in [0.3, 0.4) is 0 Å². The molecule has 1 aromatic carbocycles. The van der Waals surface area contributed by atoms with Crippen LogP contribution in [0.2, 0.25) is 0 Å². The van der Waals surface area contributed by atoms with Gasteiger partial charge >= 0.3 is 0 Å². The number of rotatable bonds is 5. The minimum absolute atomic E-state index is 0.00670. The van der Waals surface area contributed by atoms with Crippen molar-refractivity contribution in [3.05, 3.63) is 40.8 Å². The van der Waals surface area contributed by atoms with Crippen molar-refractivity contribution in [3.63, 3.8) is 0 Å². The van der Waals surface area contributed by atoms with Crippen LogP contribution in [0.4, 0.5) is 0 Å². The molecule has 20 heavy (non-hydrogen) atoms. The van der Waals surface area contributed by atoms with Gasteiger partial charge in [-0.25, -0.2) is 21.8 Å². The Balaban J connectivity index is 2.26. The first-order chi connectivity index (χ1) is 9.29. The van der Waals surface area contributed by atoms with Crippen LogP contribution in [0, 0.1) is 0 Å². The van der Waals surface area contributed by atoms with Gasteiger partial charge in [0, 0.05) is 18.1 Å². The van der Waals surface area contributed by atoms with Gasteiger partial charge in [-0.2, -0.15) is 0 Å². The highest BCUT2D eigenvalue weighted by Crippen LogP contribution is 2.18. The third-order valence-electron chi connectivity index (χ3n) is 2.70. The van der Waals surface area contributed by atoms with Crippen LogP contribution in [0.15, 0.2) is 44.9 Å². The van der Waals surface area contributed by atoms with Gasteiger partial charge in [0.15, 0.2) is 19.7 Å². The van der Waals surface area contributed by atoms with Crippen LogP contribution in [0.25, 0.3) is 0 Å². The molecule has 0 saturated carbocycles. The molecule has 2 aromatic rings. The summed E-state index contributed by atoms with van der Waals surface area (Å²) in [6, 6.07) is 5.43. The van der Waals surface area contributed by atoms with Crippen LogP contribution >= 0.6 is 11.3 Å². The number of aryl methyl sites for hydroxylation is 1. The highest BCUT2D eigenvalue weighted by molar-refractivity contribution is 7.92. The molecule has 8 heteroatoms. The predicted octanol–water partition coefficient (Wildman–Crippen LogP) is 1.56. The van der Waals surface area contributed by atoms with Crippen LogP contribution in [-0.2, 0) is 26.1 Å². The fraction of sp³-hybridized carbons (Fsp3) is 0.250. The molecule has 0 spiro atoms. The van der Waals surface area contributed by atoms with Crippen molar-refractivity contribution in [2.75, 3.05) is 12.0 Å². The fourth-order valence-corrected chi connectivity index (χ4v) is 4.26. The van der Waals surface area contributed by atoms with Crippen molar-refractivity contribution < 1.29 is 16.8 Å². The lowest BCUT2D eigenvalue weighted by atomic mass is 10.4. The van der Waals surface area contributed by atoms with Crippen LogP contribution in [0.5, 0.6) is 0 Å². The van der Waals surface area contributed by atoms with E-state index < -0.39 is 19.7 Å². The second-order valence-electron chi connectivity index (χ2n) is 4.30. The minimum Gasteiger partial charge on any atom is -0.250 e. The van der Waals surface area contributed by atoms with Gasteiger partial charge in [-0.15, -0.1) is 11.3 Å². The summed E-state index contributed by atoms with van der Waals surface area (Å²) < 4.78 is 47.3. The molecule has 1 heterocycles. The maximum atomic E-state index is 12.2. The number of nitrogens with zero attached hydrogens (tertiary/aromatic N) is 1. The summed E-state index contributed by atoms with van der Waals surface area (Å²) in [4.78, 5) is 4.06. The van der Waals surface area contributed by atoms with Crippen LogP contribution in [0.1, 0.15) is 5.69 Å². The van der Waals surface area contributed by atoms with Gasteiger partial charge < -0.3 is 0 Å². The third-order valence-corrected chi connectivity index (χ3v) is 6.16. The first-order valence-corrected chi connectivity index (χ1v) is 10.2. The number of thiazole rings is 1. The van der Waals surface area contributed by atoms with Gasteiger partial charge in [-0.3, -0.25) is 0 Å². The maximum Gasteiger partial charge on any atom is 0.178 e. The Morgan fingerprint density at radius 1 is 1.15 bits per heavy atom. The average Bonchev–Trinajstić information content (AvgIpc) is 2.89. The van der Waals surface area contributed by atoms with Gasteiger partial charge in [-0.1, -0.05) is 6.07 Å². The number of hydrogen-bond acceptors (Lipinski definition) is 6. The van der Waals surface area contributed by atoms with E-state index in [0.717, 1.165) is 11.9 Å². The van der Waals surface area contributed by atoms with E-state index in [9.17, 15) is 16.8 Å². The summed E-state index contributed by atoms with van der Waals surface area (Å²) in [5, 5.41) is 1.79. The lowest BCUT2D eigenvalue weighted by Gasteiger charge is -2.05. The summed E-state index contributed by atoms with van der Waals surface area (Å²) >= 11 is 1.41. The third kappa shape index (κ3) is 3.65. The Hall–Kier alpha value is -1.25. The van der Waals surface area contributed by atoms with Crippen molar-refractivity contribution in [2.45, 2.75) is 16.2 Å². The lowest BCUT2D eigenvalue weighted by molar-refractivity contribution is 0.594. The molecule has 2 rings (SSSR count). The first-order valence-electron chi connectivity index (χ1n) is 5.69. The molecule has 0 N–H and O–H groups in total. The highest BCUT2D eigenvalue weighted by atomic mass is 32.2. The Bertz CT molecular complexity index is 793. The molecule has 0 aliphatic heterocycles. The molecule has 108 valence electrons. The Morgan fingerprint density at radius 3 is 2.45 bits per heavy atom.